The first-order chi connectivity index (χ1) is 18.5. The normalized spacial score (nSPS) is 11.6. The first-order valence-electron chi connectivity index (χ1n) is 12.5. The minimum Gasteiger partial charge on any atom is -0.496 e. The van der Waals surface area contributed by atoms with Gasteiger partial charge in [-0.2, -0.15) is 0 Å². The maximum Gasteiger partial charge on any atom is 0.258 e. The van der Waals surface area contributed by atoms with Gasteiger partial charge in [-0.15, -0.1) is 0 Å². The molecule has 2 N–H and O–H groups in total. The number of nitrogens with one attached hydrogen (secondary N) is 2. The fourth-order valence-electron chi connectivity index (χ4n) is 4.49. The summed E-state index contributed by atoms with van der Waals surface area (Å²) in [4.78, 5) is 30.7. The van der Waals surface area contributed by atoms with Gasteiger partial charge in [0.25, 0.3) is 5.91 Å². The molecule has 38 heavy (non-hydrogen) atoms. The molecule has 0 bridgehead atoms. The molecule has 0 aliphatic carbocycles. The number of H-pyrrole nitrogens is 1. The molecule has 0 aliphatic heterocycles. The van der Waals surface area contributed by atoms with E-state index in [2.05, 4.69) is 10.3 Å². The summed E-state index contributed by atoms with van der Waals surface area (Å²) in [6.45, 7) is 2.02. The molecule has 0 aliphatic rings. The van der Waals surface area contributed by atoms with Crippen molar-refractivity contribution in [3.63, 3.8) is 0 Å². The number of para-hydroxylation sites is 4. The molecule has 0 unspecified atom stereocenters. The number of nitrogens with zero attached hydrogens (tertiary/aromatic N) is 1. The average Bonchev–Trinajstić information content (AvgIpc) is 3.34. The highest BCUT2D eigenvalue weighted by atomic mass is 16.5. The Kier molecular flexibility index (Phi) is 8.87. The molecule has 8 heteroatoms. The summed E-state index contributed by atoms with van der Waals surface area (Å²) in [7, 11) is 3.16. The number of ether oxygens (including phenoxy) is 3. The van der Waals surface area contributed by atoms with Gasteiger partial charge in [0, 0.05) is 42.7 Å². The van der Waals surface area contributed by atoms with Crippen LogP contribution < -0.4 is 19.5 Å². The monoisotopic (exact) mass is 515 g/mol. The highest BCUT2D eigenvalue weighted by Crippen LogP contribution is 2.26. The number of aromatic nitrogens is 1. The van der Waals surface area contributed by atoms with Crippen molar-refractivity contribution >= 4 is 22.7 Å². The molecule has 4 rings (SSSR count). The SMILES string of the molecule is COc1ccccc1CN(C[C@@H](Cc1c[nH]c2ccccc12)NC(=O)COc1ccccc1OC)C(C)=O. The molecular formula is C30H33N3O5. The highest BCUT2D eigenvalue weighted by molar-refractivity contribution is 5.83. The third-order valence-electron chi connectivity index (χ3n) is 6.37. The molecule has 198 valence electrons. The van der Waals surface area contributed by atoms with Gasteiger partial charge in [0.05, 0.1) is 20.3 Å². The predicted octanol–water partition coefficient (Wildman–Crippen LogP) is 4.34. The fraction of sp³-hybridized carbons (Fsp3) is 0.267. The van der Waals surface area contributed by atoms with Gasteiger partial charge in [0.2, 0.25) is 5.91 Å². The number of fused-ring (bicyclic) bond motifs is 1. The second-order valence-corrected chi connectivity index (χ2v) is 8.98. The number of hydrogen-bond acceptors (Lipinski definition) is 5. The number of rotatable bonds is 12. The van der Waals surface area contributed by atoms with Crippen LogP contribution >= 0.6 is 0 Å². The smallest absolute Gasteiger partial charge is 0.258 e. The zero-order valence-corrected chi connectivity index (χ0v) is 21.9. The van der Waals surface area contributed by atoms with Crippen LogP contribution in [0.25, 0.3) is 10.9 Å². The highest BCUT2D eigenvalue weighted by Gasteiger charge is 2.22. The lowest BCUT2D eigenvalue weighted by Gasteiger charge is -2.28. The topological polar surface area (TPSA) is 92.9 Å². The number of amides is 2. The fourth-order valence-corrected chi connectivity index (χ4v) is 4.49. The summed E-state index contributed by atoms with van der Waals surface area (Å²) >= 11 is 0. The van der Waals surface area contributed by atoms with Gasteiger partial charge < -0.3 is 29.4 Å². The standard InChI is InChI=1S/C30H33N3O5/c1-21(34)33(18-22-10-4-7-13-27(22)36-2)19-24(16-23-17-31-26-12-6-5-11-25(23)26)32-30(35)20-38-29-15-9-8-14-28(29)37-3/h4-15,17,24,31H,16,18-20H2,1-3H3,(H,32,35)/t24-/m1/s1. The van der Waals surface area contributed by atoms with Crippen LogP contribution in [0, 0.1) is 0 Å². The lowest BCUT2D eigenvalue weighted by molar-refractivity contribution is -0.131. The van der Waals surface area contributed by atoms with Gasteiger partial charge in [0.15, 0.2) is 18.1 Å². The van der Waals surface area contributed by atoms with E-state index in [1.165, 1.54) is 6.92 Å². The lowest BCUT2D eigenvalue weighted by Crippen LogP contribution is -2.47. The molecule has 0 radical (unpaired) electrons. The third-order valence-corrected chi connectivity index (χ3v) is 6.37. The molecule has 3 aromatic carbocycles. The van der Waals surface area contributed by atoms with Crippen LogP contribution in [0.1, 0.15) is 18.1 Å². The number of carbonyl (C=O) groups is 2. The number of methoxy groups -OCH3 is 2. The van der Waals surface area contributed by atoms with Crippen LogP contribution in [0.5, 0.6) is 17.2 Å². The Morgan fingerprint density at radius 3 is 2.26 bits per heavy atom. The van der Waals surface area contributed by atoms with Crippen LogP contribution in [0.2, 0.25) is 0 Å². The predicted molar refractivity (Wildman–Crippen MR) is 147 cm³/mol. The van der Waals surface area contributed by atoms with E-state index in [9.17, 15) is 9.59 Å². The average molecular weight is 516 g/mol. The minimum absolute atomic E-state index is 0.0978. The van der Waals surface area contributed by atoms with Gasteiger partial charge in [-0.3, -0.25) is 9.59 Å². The van der Waals surface area contributed by atoms with Crippen molar-refractivity contribution in [3.8, 4) is 17.2 Å². The second-order valence-electron chi connectivity index (χ2n) is 8.98. The maximum atomic E-state index is 13.0. The van der Waals surface area contributed by atoms with Gasteiger partial charge in [-0.05, 0) is 36.2 Å². The van der Waals surface area contributed by atoms with E-state index < -0.39 is 0 Å². The van der Waals surface area contributed by atoms with Gasteiger partial charge in [-0.25, -0.2) is 0 Å². The van der Waals surface area contributed by atoms with Crippen LogP contribution in [0.15, 0.2) is 79.0 Å². The summed E-state index contributed by atoms with van der Waals surface area (Å²) in [5, 5.41) is 4.16. The third kappa shape index (κ3) is 6.64. The number of benzene rings is 3. The van der Waals surface area contributed by atoms with Crippen molar-refractivity contribution in [2.75, 3.05) is 27.4 Å². The Morgan fingerprint density at radius 2 is 1.53 bits per heavy atom. The Morgan fingerprint density at radius 1 is 0.868 bits per heavy atom. The number of aromatic amines is 1. The minimum atomic E-state index is -0.360. The summed E-state index contributed by atoms with van der Waals surface area (Å²) in [6.07, 6.45) is 2.48. The Hall–Kier alpha value is -4.46. The van der Waals surface area contributed by atoms with Crippen molar-refractivity contribution in [1.29, 1.82) is 0 Å². The molecule has 2 amide bonds. The summed E-state index contributed by atoms with van der Waals surface area (Å²) in [6, 6.07) is 22.4. The maximum absolute atomic E-state index is 13.0. The molecule has 1 heterocycles. The molecule has 1 atom stereocenters. The molecule has 1 aromatic heterocycles. The zero-order valence-electron chi connectivity index (χ0n) is 21.9. The van der Waals surface area contributed by atoms with Crippen LogP contribution in [0.3, 0.4) is 0 Å². The van der Waals surface area contributed by atoms with E-state index in [4.69, 9.17) is 14.2 Å². The van der Waals surface area contributed by atoms with Crippen molar-refractivity contribution in [1.82, 2.24) is 15.2 Å². The Balaban J connectivity index is 1.53. The van der Waals surface area contributed by atoms with E-state index in [0.29, 0.717) is 36.8 Å². The van der Waals surface area contributed by atoms with Crippen LogP contribution in [-0.2, 0) is 22.6 Å². The summed E-state index contributed by atoms with van der Waals surface area (Å²) < 4.78 is 16.5. The zero-order chi connectivity index (χ0) is 26.9. The van der Waals surface area contributed by atoms with E-state index >= 15 is 0 Å². The molecule has 0 spiro atoms. The van der Waals surface area contributed by atoms with E-state index in [1.807, 2.05) is 66.9 Å². The van der Waals surface area contributed by atoms with E-state index in [-0.39, 0.29) is 24.5 Å². The van der Waals surface area contributed by atoms with E-state index in [0.717, 1.165) is 22.0 Å². The van der Waals surface area contributed by atoms with Crippen molar-refractivity contribution in [2.45, 2.75) is 25.9 Å². The first kappa shape index (κ1) is 26.6. The Bertz CT molecular complexity index is 1380. The molecule has 8 nitrogen and oxygen atoms in total. The first-order valence-corrected chi connectivity index (χ1v) is 12.5. The van der Waals surface area contributed by atoms with Crippen molar-refractivity contribution in [2.24, 2.45) is 0 Å². The van der Waals surface area contributed by atoms with Gasteiger partial charge >= 0.3 is 0 Å². The second kappa shape index (κ2) is 12.7. The quantitative estimate of drug-likeness (QED) is 0.293. The lowest BCUT2D eigenvalue weighted by atomic mass is 10.0. The summed E-state index contributed by atoms with van der Waals surface area (Å²) in [5.74, 6) is 1.36. The molecular weight excluding hydrogens is 482 g/mol. The molecule has 0 saturated heterocycles. The number of carbonyl (C=O) groups excluding carboxylic acids is 2. The van der Waals surface area contributed by atoms with Crippen LogP contribution in [-0.4, -0.2) is 55.1 Å². The number of hydrogen-bond donors (Lipinski definition) is 2. The molecule has 4 aromatic rings. The van der Waals surface area contributed by atoms with Crippen LogP contribution in [0.4, 0.5) is 0 Å². The molecule has 0 fully saturated rings. The largest absolute Gasteiger partial charge is 0.496 e. The van der Waals surface area contributed by atoms with E-state index in [1.54, 1.807) is 31.3 Å². The van der Waals surface area contributed by atoms with Gasteiger partial charge in [-0.1, -0.05) is 48.5 Å². The Labute approximate surface area is 222 Å². The molecule has 0 saturated carbocycles. The van der Waals surface area contributed by atoms with Gasteiger partial charge in [0.1, 0.15) is 5.75 Å². The van der Waals surface area contributed by atoms with Crippen molar-refractivity contribution in [3.05, 3.63) is 90.1 Å². The summed E-state index contributed by atoms with van der Waals surface area (Å²) in [5.41, 5.74) is 2.96. The van der Waals surface area contributed by atoms with Crippen molar-refractivity contribution < 1.29 is 23.8 Å².